The van der Waals surface area contributed by atoms with Crippen LogP contribution >= 0.6 is 0 Å². The first-order valence-corrected chi connectivity index (χ1v) is 12.4. The Labute approximate surface area is 212 Å². The Morgan fingerprint density at radius 3 is 2.09 bits per heavy atom. The van der Waals surface area contributed by atoms with Crippen molar-refractivity contribution >= 4 is 12.4 Å². The van der Waals surface area contributed by atoms with Gasteiger partial charge in [-0.3, -0.25) is 9.59 Å². The van der Waals surface area contributed by atoms with Crippen LogP contribution in [-0.2, 0) is 25.5 Å². The molecule has 5 nitrogen and oxygen atoms in total. The molecule has 0 bridgehead atoms. The van der Waals surface area contributed by atoms with E-state index in [0.29, 0.717) is 32.5 Å². The van der Waals surface area contributed by atoms with Crippen LogP contribution in [0.3, 0.4) is 0 Å². The van der Waals surface area contributed by atoms with Gasteiger partial charge in [0.2, 0.25) is 0 Å². The van der Waals surface area contributed by atoms with Gasteiger partial charge in [-0.1, -0.05) is 101 Å². The van der Waals surface area contributed by atoms with Gasteiger partial charge in [0.05, 0.1) is 13.2 Å². The largest absolute Gasteiger partial charge is 0.483 e. The SMILES string of the molecule is C=CCCCOC/C=C\CCOC(=O)CCc1ccc(-c2ccccc2)cc1.CC.CC.O=CO. The Morgan fingerprint density at radius 1 is 0.886 bits per heavy atom. The quantitative estimate of drug-likeness (QED) is 0.138. The second-order valence-corrected chi connectivity index (χ2v) is 6.65. The molecular formula is C30H44O5. The number of hydrogen-bond acceptors (Lipinski definition) is 4. The highest BCUT2D eigenvalue weighted by atomic mass is 16.5. The topological polar surface area (TPSA) is 72.8 Å². The summed E-state index contributed by atoms with van der Waals surface area (Å²) in [5.74, 6) is -0.152. The van der Waals surface area contributed by atoms with Crippen molar-refractivity contribution in [3.05, 3.63) is 85.0 Å². The number of unbranched alkanes of at least 4 members (excludes halogenated alkanes) is 1. The van der Waals surface area contributed by atoms with Gasteiger partial charge in [-0.15, -0.1) is 6.58 Å². The van der Waals surface area contributed by atoms with Crippen LogP contribution in [0.5, 0.6) is 0 Å². The van der Waals surface area contributed by atoms with Crippen molar-refractivity contribution in [3.8, 4) is 11.1 Å². The fourth-order valence-electron chi connectivity index (χ4n) is 2.72. The Hall–Kier alpha value is -3.18. The van der Waals surface area contributed by atoms with Gasteiger partial charge >= 0.3 is 5.97 Å². The lowest BCUT2D eigenvalue weighted by Crippen LogP contribution is -2.06. The van der Waals surface area contributed by atoms with Gasteiger partial charge in [0, 0.05) is 13.0 Å². The van der Waals surface area contributed by atoms with Gasteiger partial charge < -0.3 is 14.6 Å². The number of allylic oxidation sites excluding steroid dienone is 1. The smallest absolute Gasteiger partial charge is 0.306 e. The molecule has 194 valence electrons. The molecule has 0 aliphatic heterocycles. The van der Waals surface area contributed by atoms with E-state index in [1.165, 1.54) is 11.1 Å². The minimum atomic E-state index is -0.250. The van der Waals surface area contributed by atoms with E-state index in [1.54, 1.807) is 0 Å². The summed E-state index contributed by atoms with van der Waals surface area (Å²) in [7, 11) is 0. The maximum absolute atomic E-state index is 11.9. The second-order valence-electron chi connectivity index (χ2n) is 6.65. The molecule has 0 unspecified atom stereocenters. The third-order valence-corrected chi connectivity index (χ3v) is 4.30. The zero-order valence-corrected chi connectivity index (χ0v) is 21.9. The minimum absolute atomic E-state index is 0.152. The molecule has 0 aliphatic carbocycles. The summed E-state index contributed by atoms with van der Waals surface area (Å²) in [4.78, 5) is 20.2. The van der Waals surface area contributed by atoms with Crippen molar-refractivity contribution in [3.63, 3.8) is 0 Å². The standard InChI is InChI=1S/C25H30O3.2C2H6.CH2O2/c1-2-3-8-19-27-20-9-5-10-21-28-25(26)18-15-22-13-16-24(17-14-22)23-11-6-4-7-12-23;2*1-2;2-1-3/h2,4-7,9,11-14,16-17H,1,3,8,10,15,18-21H2;2*1-2H3;1H,(H,2,3)/b9-5-;;;. The number of esters is 1. The lowest BCUT2D eigenvalue weighted by Gasteiger charge is -2.05. The number of carbonyl (C=O) groups is 2. The first-order valence-electron chi connectivity index (χ1n) is 12.4. The molecule has 2 aromatic rings. The van der Waals surface area contributed by atoms with Crippen LogP contribution < -0.4 is 0 Å². The average molecular weight is 485 g/mol. The lowest BCUT2D eigenvalue weighted by molar-refractivity contribution is -0.143. The van der Waals surface area contributed by atoms with Crippen molar-refractivity contribution in [2.24, 2.45) is 0 Å². The maximum atomic E-state index is 11.9. The predicted octanol–water partition coefficient (Wildman–Crippen LogP) is 7.51. The molecule has 0 atom stereocenters. The first kappa shape index (κ1) is 34.0. The molecule has 5 heteroatoms. The highest BCUT2D eigenvalue weighted by molar-refractivity contribution is 5.70. The van der Waals surface area contributed by atoms with E-state index in [1.807, 2.05) is 64.1 Å². The highest BCUT2D eigenvalue weighted by Gasteiger charge is 2.04. The molecule has 0 saturated carbocycles. The predicted molar refractivity (Wildman–Crippen MR) is 147 cm³/mol. The van der Waals surface area contributed by atoms with Crippen LogP contribution in [0.25, 0.3) is 11.1 Å². The van der Waals surface area contributed by atoms with E-state index in [4.69, 9.17) is 19.4 Å². The Bertz CT molecular complexity index is 767. The molecule has 1 N–H and O–H groups in total. The van der Waals surface area contributed by atoms with Crippen molar-refractivity contribution in [2.75, 3.05) is 19.8 Å². The first-order chi connectivity index (χ1) is 17.2. The molecule has 35 heavy (non-hydrogen) atoms. The molecule has 0 fully saturated rings. The summed E-state index contributed by atoms with van der Waals surface area (Å²) < 4.78 is 10.7. The van der Waals surface area contributed by atoms with Crippen LogP contribution in [0.1, 0.15) is 58.9 Å². The van der Waals surface area contributed by atoms with E-state index >= 15 is 0 Å². The molecule has 0 heterocycles. The lowest BCUT2D eigenvalue weighted by atomic mass is 10.0. The van der Waals surface area contributed by atoms with Crippen LogP contribution in [-0.4, -0.2) is 37.4 Å². The molecule has 0 aliphatic rings. The van der Waals surface area contributed by atoms with Crippen molar-refractivity contribution in [1.29, 1.82) is 0 Å². The monoisotopic (exact) mass is 484 g/mol. The molecule has 0 spiro atoms. The van der Waals surface area contributed by atoms with Crippen LogP contribution in [0.4, 0.5) is 0 Å². The molecule has 0 aromatic heterocycles. The number of aryl methyl sites for hydroxylation is 1. The van der Waals surface area contributed by atoms with Gasteiger partial charge in [-0.05, 0) is 42.4 Å². The molecule has 2 aromatic carbocycles. The molecular weight excluding hydrogens is 440 g/mol. The zero-order valence-electron chi connectivity index (χ0n) is 21.9. The van der Waals surface area contributed by atoms with E-state index in [0.717, 1.165) is 25.0 Å². The van der Waals surface area contributed by atoms with Crippen LogP contribution in [0.15, 0.2) is 79.4 Å². The molecule has 0 saturated heterocycles. The van der Waals surface area contributed by atoms with Crippen LogP contribution in [0.2, 0.25) is 0 Å². The van der Waals surface area contributed by atoms with E-state index < -0.39 is 0 Å². The fourth-order valence-corrected chi connectivity index (χ4v) is 2.72. The summed E-state index contributed by atoms with van der Waals surface area (Å²) in [5.41, 5.74) is 3.53. The van der Waals surface area contributed by atoms with E-state index in [-0.39, 0.29) is 12.4 Å². The Balaban J connectivity index is 0. The van der Waals surface area contributed by atoms with Crippen molar-refractivity contribution in [1.82, 2.24) is 0 Å². The van der Waals surface area contributed by atoms with E-state index in [9.17, 15) is 4.79 Å². The number of rotatable bonds is 13. The molecule has 2 rings (SSSR count). The van der Waals surface area contributed by atoms with Crippen LogP contribution in [0, 0.1) is 0 Å². The van der Waals surface area contributed by atoms with E-state index in [2.05, 4.69) is 43.0 Å². The third kappa shape index (κ3) is 20.0. The number of ether oxygens (including phenoxy) is 2. The normalized spacial score (nSPS) is 9.37. The number of benzene rings is 2. The summed E-state index contributed by atoms with van der Waals surface area (Å²) in [6.45, 7) is 13.2. The van der Waals surface area contributed by atoms with Gasteiger partial charge in [0.25, 0.3) is 6.47 Å². The fraction of sp³-hybridized carbons (Fsp3) is 0.400. The Kier molecular flexibility index (Phi) is 26.3. The number of carbonyl (C=O) groups excluding carboxylic acids is 1. The molecule has 0 amide bonds. The highest BCUT2D eigenvalue weighted by Crippen LogP contribution is 2.19. The Morgan fingerprint density at radius 2 is 1.49 bits per heavy atom. The summed E-state index contributed by atoms with van der Waals surface area (Å²) >= 11 is 0. The van der Waals surface area contributed by atoms with Gasteiger partial charge in [-0.25, -0.2) is 0 Å². The zero-order chi connectivity index (χ0) is 26.6. The molecule has 0 radical (unpaired) electrons. The van der Waals surface area contributed by atoms with Crippen molar-refractivity contribution < 1.29 is 24.2 Å². The minimum Gasteiger partial charge on any atom is -0.483 e. The number of hydrogen-bond donors (Lipinski definition) is 1. The van der Waals surface area contributed by atoms with Crippen molar-refractivity contribution in [2.45, 2.75) is 59.8 Å². The van der Waals surface area contributed by atoms with Gasteiger partial charge in [0.1, 0.15) is 0 Å². The maximum Gasteiger partial charge on any atom is 0.306 e. The summed E-state index contributed by atoms with van der Waals surface area (Å²) in [6.07, 6.45) is 9.66. The third-order valence-electron chi connectivity index (χ3n) is 4.30. The van der Waals surface area contributed by atoms with Gasteiger partial charge in [-0.2, -0.15) is 0 Å². The second kappa shape index (κ2) is 27.1. The summed E-state index contributed by atoms with van der Waals surface area (Å²) in [5, 5.41) is 6.89. The summed E-state index contributed by atoms with van der Waals surface area (Å²) in [6, 6.07) is 18.6. The average Bonchev–Trinajstić information content (AvgIpc) is 2.92. The van der Waals surface area contributed by atoms with Gasteiger partial charge in [0.15, 0.2) is 0 Å². The number of carboxylic acid groups (broad SMARTS) is 1.